The first-order valence-electron chi connectivity index (χ1n) is 8.35. The average Bonchev–Trinajstić information content (AvgIpc) is 2.61. The zero-order chi connectivity index (χ0) is 19.4. The summed E-state index contributed by atoms with van der Waals surface area (Å²) in [5.74, 6) is -0.933. The standard InChI is InChI=1S/C21H17Cl2NO3/c1-13(21(26)24-18-11-16(22)10-17(23)12-18)27-20(25)9-15-7-4-6-14-5-2-3-8-19(14)15/h2-8,10-13H,9H2,1H3,(H,24,26)/t13-/m0/s1. The first kappa shape index (κ1) is 19.2. The highest BCUT2D eigenvalue weighted by Gasteiger charge is 2.19. The zero-order valence-electron chi connectivity index (χ0n) is 14.5. The molecule has 6 heteroatoms. The van der Waals surface area contributed by atoms with Crippen molar-refractivity contribution >= 4 is 51.5 Å². The third-order valence-corrected chi connectivity index (χ3v) is 4.46. The molecule has 0 unspecified atom stereocenters. The Bertz CT molecular complexity index is 978. The molecule has 4 nitrogen and oxygen atoms in total. The predicted molar refractivity (Wildman–Crippen MR) is 108 cm³/mol. The molecule has 0 aliphatic rings. The molecule has 27 heavy (non-hydrogen) atoms. The molecule has 1 amide bonds. The van der Waals surface area contributed by atoms with Crippen LogP contribution in [0.1, 0.15) is 12.5 Å². The number of fused-ring (bicyclic) bond motifs is 1. The molecule has 0 saturated carbocycles. The van der Waals surface area contributed by atoms with Crippen LogP contribution in [0.3, 0.4) is 0 Å². The van der Waals surface area contributed by atoms with Crippen LogP contribution in [0.2, 0.25) is 10.0 Å². The third kappa shape index (κ3) is 5.00. The van der Waals surface area contributed by atoms with E-state index in [1.807, 2.05) is 42.5 Å². The lowest BCUT2D eigenvalue weighted by Crippen LogP contribution is -2.30. The first-order chi connectivity index (χ1) is 12.9. The molecule has 0 spiro atoms. The van der Waals surface area contributed by atoms with E-state index < -0.39 is 18.0 Å². The van der Waals surface area contributed by atoms with Crippen LogP contribution >= 0.6 is 23.2 Å². The van der Waals surface area contributed by atoms with Crippen molar-refractivity contribution in [1.29, 1.82) is 0 Å². The van der Waals surface area contributed by atoms with E-state index in [9.17, 15) is 9.59 Å². The summed E-state index contributed by atoms with van der Waals surface area (Å²) in [6.07, 6.45) is -0.868. The van der Waals surface area contributed by atoms with Crippen LogP contribution in [0.25, 0.3) is 10.8 Å². The Morgan fingerprint density at radius 1 is 1.00 bits per heavy atom. The third-order valence-electron chi connectivity index (χ3n) is 4.02. The van der Waals surface area contributed by atoms with Crippen molar-refractivity contribution in [3.05, 3.63) is 76.3 Å². The lowest BCUT2D eigenvalue weighted by molar-refractivity contribution is -0.152. The van der Waals surface area contributed by atoms with Gasteiger partial charge in [-0.25, -0.2) is 0 Å². The van der Waals surface area contributed by atoms with E-state index in [-0.39, 0.29) is 6.42 Å². The van der Waals surface area contributed by atoms with Crippen molar-refractivity contribution in [2.24, 2.45) is 0 Å². The highest BCUT2D eigenvalue weighted by Crippen LogP contribution is 2.23. The highest BCUT2D eigenvalue weighted by molar-refractivity contribution is 6.35. The van der Waals surface area contributed by atoms with Gasteiger partial charge >= 0.3 is 5.97 Å². The van der Waals surface area contributed by atoms with Crippen LogP contribution in [0.4, 0.5) is 5.69 Å². The lowest BCUT2D eigenvalue weighted by Gasteiger charge is -2.14. The molecular weight excluding hydrogens is 385 g/mol. The van der Waals surface area contributed by atoms with Crippen molar-refractivity contribution in [1.82, 2.24) is 0 Å². The molecule has 0 saturated heterocycles. The van der Waals surface area contributed by atoms with Crippen molar-refractivity contribution in [2.75, 3.05) is 5.32 Å². The molecule has 1 atom stereocenters. The van der Waals surface area contributed by atoms with Crippen LogP contribution in [0.15, 0.2) is 60.7 Å². The summed E-state index contributed by atoms with van der Waals surface area (Å²) in [5, 5.41) is 5.48. The molecule has 0 heterocycles. The van der Waals surface area contributed by atoms with Gasteiger partial charge in [-0.2, -0.15) is 0 Å². The number of hydrogen-bond donors (Lipinski definition) is 1. The minimum Gasteiger partial charge on any atom is -0.452 e. The van der Waals surface area contributed by atoms with E-state index >= 15 is 0 Å². The van der Waals surface area contributed by atoms with E-state index in [1.54, 1.807) is 18.2 Å². The van der Waals surface area contributed by atoms with E-state index in [4.69, 9.17) is 27.9 Å². The Kier molecular flexibility index (Phi) is 5.99. The monoisotopic (exact) mass is 401 g/mol. The fraction of sp³-hybridized carbons (Fsp3) is 0.143. The number of benzene rings is 3. The molecule has 0 aliphatic heterocycles. The van der Waals surface area contributed by atoms with Gasteiger partial charge in [-0.15, -0.1) is 0 Å². The molecule has 1 N–H and O–H groups in total. The van der Waals surface area contributed by atoms with E-state index in [1.165, 1.54) is 6.92 Å². The second-order valence-electron chi connectivity index (χ2n) is 6.09. The number of rotatable bonds is 5. The maximum absolute atomic E-state index is 12.3. The summed E-state index contributed by atoms with van der Waals surface area (Å²) >= 11 is 11.8. The van der Waals surface area contributed by atoms with Crippen LogP contribution in [-0.2, 0) is 20.7 Å². The number of amides is 1. The van der Waals surface area contributed by atoms with Crippen molar-refractivity contribution in [3.63, 3.8) is 0 Å². The summed E-state index contributed by atoms with van der Waals surface area (Å²) in [5.41, 5.74) is 1.29. The Morgan fingerprint density at radius 3 is 2.41 bits per heavy atom. The zero-order valence-corrected chi connectivity index (χ0v) is 16.1. The molecule has 138 valence electrons. The lowest BCUT2D eigenvalue weighted by atomic mass is 10.0. The largest absolute Gasteiger partial charge is 0.452 e. The van der Waals surface area contributed by atoms with Gasteiger partial charge in [-0.05, 0) is 41.5 Å². The predicted octanol–water partition coefficient (Wildman–Crippen LogP) is 5.26. The summed E-state index contributed by atoms with van der Waals surface area (Å²) < 4.78 is 5.28. The van der Waals surface area contributed by atoms with Gasteiger partial charge < -0.3 is 10.1 Å². The molecular formula is C21H17Cl2NO3. The summed E-state index contributed by atoms with van der Waals surface area (Å²) in [6.45, 7) is 1.52. The number of anilines is 1. The normalized spacial score (nSPS) is 11.8. The quantitative estimate of drug-likeness (QED) is 0.593. The van der Waals surface area contributed by atoms with Crippen molar-refractivity contribution < 1.29 is 14.3 Å². The van der Waals surface area contributed by atoms with Crippen molar-refractivity contribution in [3.8, 4) is 0 Å². The van der Waals surface area contributed by atoms with Crippen LogP contribution < -0.4 is 5.32 Å². The molecule has 0 bridgehead atoms. The number of hydrogen-bond acceptors (Lipinski definition) is 3. The van der Waals surface area contributed by atoms with Gasteiger partial charge in [0.05, 0.1) is 6.42 Å². The number of ether oxygens (including phenoxy) is 1. The minimum absolute atomic E-state index is 0.0853. The smallest absolute Gasteiger partial charge is 0.311 e. The van der Waals surface area contributed by atoms with E-state index in [0.717, 1.165) is 16.3 Å². The van der Waals surface area contributed by atoms with Gasteiger partial charge in [0.25, 0.3) is 5.91 Å². The van der Waals surface area contributed by atoms with Gasteiger partial charge in [-0.1, -0.05) is 65.7 Å². The number of carbonyl (C=O) groups excluding carboxylic acids is 2. The van der Waals surface area contributed by atoms with Gasteiger partial charge in [-0.3, -0.25) is 9.59 Å². The molecule has 0 fully saturated rings. The molecule has 0 radical (unpaired) electrons. The Morgan fingerprint density at radius 2 is 1.67 bits per heavy atom. The van der Waals surface area contributed by atoms with Gasteiger partial charge in [0, 0.05) is 15.7 Å². The second kappa shape index (κ2) is 8.42. The summed E-state index contributed by atoms with van der Waals surface area (Å²) in [7, 11) is 0. The minimum atomic E-state index is -0.953. The fourth-order valence-corrected chi connectivity index (χ4v) is 3.29. The Hall–Kier alpha value is -2.56. The molecule has 3 rings (SSSR count). The van der Waals surface area contributed by atoms with E-state index in [2.05, 4.69) is 5.32 Å². The maximum Gasteiger partial charge on any atom is 0.311 e. The first-order valence-corrected chi connectivity index (χ1v) is 9.11. The maximum atomic E-state index is 12.3. The van der Waals surface area contributed by atoms with Gasteiger partial charge in [0.2, 0.25) is 0 Å². The Labute approximate surface area is 167 Å². The van der Waals surface area contributed by atoms with Crippen LogP contribution in [-0.4, -0.2) is 18.0 Å². The molecule has 3 aromatic rings. The average molecular weight is 402 g/mol. The molecule has 0 aliphatic carbocycles. The molecule has 3 aromatic carbocycles. The van der Waals surface area contributed by atoms with Gasteiger partial charge in [0.1, 0.15) is 0 Å². The topological polar surface area (TPSA) is 55.4 Å². The summed E-state index contributed by atoms with van der Waals surface area (Å²) in [6, 6.07) is 18.2. The van der Waals surface area contributed by atoms with Gasteiger partial charge in [0.15, 0.2) is 6.10 Å². The molecule has 0 aromatic heterocycles. The number of nitrogens with one attached hydrogen (secondary N) is 1. The fourth-order valence-electron chi connectivity index (χ4n) is 2.76. The van der Waals surface area contributed by atoms with E-state index in [0.29, 0.717) is 15.7 Å². The number of esters is 1. The summed E-state index contributed by atoms with van der Waals surface area (Å²) in [4.78, 5) is 24.5. The second-order valence-corrected chi connectivity index (χ2v) is 6.97. The van der Waals surface area contributed by atoms with Crippen LogP contribution in [0, 0.1) is 0 Å². The number of halogens is 2. The number of carbonyl (C=O) groups is 2. The van der Waals surface area contributed by atoms with Crippen molar-refractivity contribution in [2.45, 2.75) is 19.4 Å². The Balaban J connectivity index is 1.63. The SMILES string of the molecule is C[C@H](OC(=O)Cc1cccc2ccccc12)C(=O)Nc1cc(Cl)cc(Cl)c1. The highest BCUT2D eigenvalue weighted by atomic mass is 35.5. The van der Waals surface area contributed by atoms with Crippen LogP contribution in [0.5, 0.6) is 0 Å².